The van der Waals surface area contributed by atoms with E-state index < -0.39 is 0 Å². The number of hydrogen-bond acceptors (Lipinski definition) is 8. The van der Waals surface area contributed by atoms with Gasteiger partial charge in [-0.2, -0.15) is 0 Å². The van der Waals surface area contributed by atoms with Crippen molar-refractivity contribution in [3.63, 3.8) is 0 Å². The minimum Gasteiger partial charge on any atom is -0.495 e. The summed E-state index contributed by atoms with van der Waals surface area (Å²) < 4.78 is 16.0. The van der Waals surface area contributed by atoms with Crippen molar-refractivity contribution in [2.45, 2.75) is 33.1 Å². The number of anilines is 2. The molecule has 0 radical (unpaired) electrons. The molecule has 1 unspecified atom stereocenters. The second-order valence-corrected chi connectivity index (χ2v) is 10.0. The van der Waals surface area contributed by atoms with Gasteiger partial charge in [0, 0.05) is 38.1 Å². The van der Waals surface area contributed by atoms with Gasteiger partial charge in [0.05, 0.1) is 31.4 Å². The molecule has 0 saturated heterocycles. The van der Waals surface area contributed by atoms with Crippen molar-refractivity contribution in [3.05, 3.63) is 40.0 Å². The predicted octanol–water partition coefficient (Wildman–Crippen LogP) is 4.29. The molecule has 8 nitrogen and oxygen atoms in total. The Morgan fingerprint density at radius 3 is 2.51 bits per heavy atom. The highest BCUT2D eigenvalue weighted by Gasteiger charge is 2.31. The van der Waals surface area contributed by atoms with Gasteiger partial charge in [-0.15, -0.1) is 11.3 Å². The fraction of sp³-hybridized carbons (Fsp3) is 0.500. The second-order valence-electron chi connectivity index (χ2n) is 8.92. The van der Waals surface area contributed by atoms with E-state index in [0.29, 0.717) is 26.3 Å². The lowest BCUT2D eigenvalue weighted by Gasteiger charge is -2.29. The zero-order chi connectivity index (χ0) is 24.9. The minimum absolute atomic E-state index is 0.0477. The largest absolute Gasteiger partial charge is 0.495 e. The summed E-state index contributed by atoms with van der Waals surface area (Å²) in [5, 5.41) is 4.55. The number of carbonyl (C=O) groups excluding carboxylic acids is 1. The van der Waals surface area contributed by atoms with Gasteiger partial charge in [-0.3, -0.25) is 4.79 Å². The number of nitrogens with zero attached hydrogens (tertiary/aromatic N) is 3. The van der Waals surface area contributed by atoms with E-state index in [1.807, 2.05) is 11.0 Å². The summed E-state index contributed by atoms with van der Waals surface area (Å²) in [5.74, 6) is 1.68. The van der Waals surface area contributed by atoms with Crippen molar-refractivity contribution < 1.29 is 19.0 Å². The minimum atomic E-state index is -0.0477. The molecule has 0 aliphatic heterocycles. The number of carbonyl (C=O) groups is 1. The van der Waals surface area contributed by atoms with Crippen LogP contribution in [0.1, 0.15) is 28.0 Å². The first-order chi connectivity index (χ1) is 17.0. The van der Waals surface area contributed by atoms with Gasteiger partial charge < -0.3 is 24.4 Å². The molecule has 1 N–H and O–H groups in total. The van der Waals surface area contributed by atoms with Crippen LogP contribution in [0.5, 0.6) is 5.75 Å². The average molecular weight is 499 g/mol. The predicted molar refractivity (Wildman–Crippen MR) is 139 cm³/mol. The van der Waals surface area contributed by atoms with E-state index in [-0.39, 0.29) is 11.8 Å². The highest BCUT2D eigenvalue weighted by atomic mass is 32.1. The molecule has 1 atom stereocenters. The van der Waals surface area contributed by atoms with Crippen LogP contribution in [0.4, 0.5) is 11.5 Å². The maximum Gasteiger partial charge on any atom is 0.226 e. The molecule has 2 aromatic heterocycles. The fourth-order valence-corrected chi connectivity index (χ4v) is 5.86. The Kier molecular flexibility index (Phi) is 8.20. The molecule has 1 amide bonds. The van der Waals surface area contributed by atoms with Gasteiger partial charge >= 0.3 is 0 Å². The highest BCUT2D eigenvalue weighted by Crippen LogP contribution is 2.41. The Bertz CT molecular complexity index is 1190. The number of hydrogen-bond donors (Lipinski definition) is 1. The lowest BCUT2D eigenvalue weighted by atomic mass is 9.86. The zero-order valence-corrected chi connectivity index (χ0v) is 22.0. The molecule has 1 aliphatic carbocycles. The molecule has 9 heteroatoms. The third-order valence-electron chi connectivity index (χ3n) is 6.71. The lowest BCUT2D eigenvalue weighted by Crippen LogP contribution is -2.41. The smallest absolute Gasteiger partial charge is 0.226 e. The summed E-state index contributed by atoms with van der Waals surface area (Å²) in [4.78, 5) is 26.5. The number of thiophene rings is 1. The molecule has 0 bridgehead atoms. The number of methoxy groups -OCH3 is 3. The summed E-state index contributed by atoms with van der Waals surface area (Å²) >= 11 is 1.67. The van der Waals surface area contributed by atoms with Crippen molar-refractivity contribution in [2.75, 3.05) is 52.9 Å². The number of aryl methyl sites for hydroxylation is 3. The number of rotatable bonds is 10. The maximum atomic E-state index is 13.3. The van der Waals surface area contributed by atoms with Gasteiger partial charge in [-0.25, -0.2) is 9.97 Å². The van der Waals surface area contributed by atoms with Gasteiger partial charge in [0.15, 0.2) is 0 Å². The Hall–Kier alpha value is -2.75. The standard InChI is InChI=1S/C26H34N4O4S/c1-16-12-20(21(34-5)13-17(16)2)29-24-23-19-7-6-18(14-22(19)35-25(23)28-15-27-24)26(31)30(8-10-32-3)9-11-33-4/h12-13,15,18H,6-11,14H2,1-5H3,(H,27,28,29). The van der Waals surface area contributed by atoms with Crippen LogP contribution in [0.15, 0.2) is 18.5 Å². The SMILES string of the molecule is COCCN(CCOC)C(=O)C1CCc2c(sc3ncnc(Nc4cc(C)c(C)cc4OC)c23)C1. The van der Waals surface area contributed by atoms with E-state index >= 15 is 0 Å². The van der Waals surface area contributed by atoms with Crippen LogP contribution in [0.3, 0.4) is 0 Å². The highest BCUT2D eigenvalue weighted by molar-refractivity contribution is 7.19. The monoisotopic (exact) mass is 498 g/mol. The first-order valence-electron chi connectivity index (χ1n) is 11.9. The molecule has 3 aromatic rings. The lowest BCUT2D eigenvalue weighted by molar-refractivity contribution is -0.137. The third-order valence-corrected chi connectivity index (χ3v) is 7.87. The molecule has 35 heavy (non-hydrogen) atoms. The van der Waals surface area contributed by atoms with Gasteiger partial charge in [-0.05, 0) is 61.9 Å². The normalized spacial score (nSPS) is 15.2. The summed E-state index contributed by atoms with van der Waals surface area (Å²) in [6.07, 6.45) is 3.94. The van der Waals surface area contributed by atoms with Gasteiger partial charge in [-0.1, -0.05) is 0 Å². The molecular formula is C26H34N4O4S. The van der Waals surface area contributed by atoms with Gasteiger partial charge in [0.2, 0.25) is 5.91 Å². The number of benzene rings is 1. The van der Waals surface area contributed by atoms with E-state index in [9.17, 15) is 4.79 Å². The third kappa shape index (κ3) is 5.42. The van der Waals surface area contributed by atoms with Gasteiger partial charge in [0.25, 0.3) is 0 Å². The van der Waals surface area contributed by atoms with E-state index in [4.69, 9.17) is 14.2 Å². The Balaban J connectivity index is 1.61. The topological polar surface area (TPSA) is 85.8 Å². The van der Waals surface area contributed by atoms with Crippen molar-refractivity contribution in [1.29, 1.82) is 0 Å². The Morgan fingerprint density at radius 1 is 1.11 bits per heavy atom. The van der Waals surface area contributed by atoms with Crippen molar-refractivity contribution in [3.8, 4) is 5.75 Å². The van der Waals surface area contributed by atoms with E-state index in [2.05, 4.69) is 35.2 Å². The van der Waals surface area contributed by atoms with Crippen LogP contribution >= 0.6 is 11.3 Å². The summed E-state index contributed by atoms with van der Waals surface area (Å²) in [7, 11) is 4.99. The Labute approximate surface area is 210 Å². The quantitative estimate of drug-likeness (QED) is 0.446. The van der Waals surface area contributed by atoms with Crippen molar-refractivity contribution in [2.24, 2.45) is 5.92 Å². The summed E-state index contributed by atoms with van der Waals surface area (Å²) in [6.45, 7) is 6.34. The molecule has 1 aliphatic rings. The number of nitrogens with one attached hydrogen (secondary N) is 1. The number of aromatic nitrogens is 2. The van der Waals surface area contributed by atoms with Crippen molar-refractivity contribution >= 4 is 39.0 Å². The molecular weight excluding hydrogens is 464 g/mol. The fourth-order valence-electron chi connectivity index (χ4n) is 4.59. The maximum absolute atomic E-state index is 13.3. The Morgan fingerprint density at radius 2 is 1.83 bits per heavy atom. The van der Waals surface area contributed by atoms with Crippen LogP contribution in [0.25, 0.3) is 10.2 Å². The molecule has 1 aromatic carbocycles. The van der Waals surface area contributed by atoms with Crippen LogP contribution in [0.2, 0.25) is 0 Å². The van der Waals surface area contributed by atoms with Crippen LogP contribution < -0.4 is 10.1 Å². The number of fused-ring (bicyclic) bond motifs is 3. The molecule has 2 heterocycles. The van der Waals surface area contributed by atoms with E-state index in [0.717, 1.165) is 46.7 Å². The number of amides is 1. The molecule has 0 spiro atoms. The second kappa shape index (κ2) is 11.3. The van der Waals surface area contributed by atoms with Crippen molar-refractivity contribution in [1.82, 2.24) is 14.9 Å². The first-order valence-corrected chi connectivity index (χ1v) is 12.7. The molecule has 0 fully saturated rings. The molecule has 188 valence electrons. The summed E-state index contributed by atoms with van der Waals surface area (Å²) in [5.41, 5.74) is 4.49. The zero-order valence-electron chi connectivity index (χ0n) is 21.1. The molecule has 0 saturated carbocycles. The van der Waals surface area contributed by atoms with E-state index in [1.165, 1.54) is 21.6 Å². The summed E-state index contributed by atoms with van der Waals surface area (Å²) in [6, 6.07) is 4.12. The van der Waals surface area contributed by atoms with E-state index in [1.54, 1.807) is 39.0 Å². The first kappa shape index (κ1) is 25.3. The van der Waals surface area contributed by atoms with Crippen LogP contribution in [-0.4, -0.2) is 68.4 Å². The number of ether oxygens (including phenoxy) is 3. The molecule has 4 rings (SSSR count). The van der Waals surface area contributed by atoms with Gasteiger partial charge in [0.1, 0.15) is 22.7 Å². The van der Waals surface area contributed by atoms with Crippen LogP contribution in [0, 0.1) is 19.8 Å². The average Bonchev–Trinajstić information content (AvgIpc) is 3.24. The van der Waals surface area contributed by atoms with Crippen LogP contribution in [-0.2, 0) is 27.1 Å².